The highest BCUT2D eigenvalue weighted by Gasteiger charge is 2.13. The first-order valence-electron chi connectivity index (χ1n) is 12.4. The second kappa shape index (κ2) is 14.7. The highest BCUT2D eigenvalue weighted by Crippen LogP contribution is 2.25. The lowest BCUT2D eigenvalue weighted by Crippen LogP contribution is -2.28. The van der Waals surface area contributed by atoms with Crippen LogP contribution in [0.25, 0.3) is 11.5 Å². The Morgan fingerprint density at radius 1 is 1.06 bits per heavy atom. The minimum atomic E-state index is -0.234. The first-order chi connectivity index (χ1) is 17.1. The number of oxazole rings is 1. The van der Waals surface area contributed by atoms with Crippen molar-refractivity contribution in [1.29, 1.82) is 0 Å². The molecule has 0 radical (unpaired) electrons. The average Bonchev–Trinajstić information content (AvgIpc) is 3.26. The number of hydrogen-bond donors (Lipinski definition) is 1. The van der Waals surface area contributed by atoms with Gasteiger partial charge in [0.05, 0.1) is 5.69 Å². The summed E-state index contributed by atoms with van der Waals surface area (Å²) < 4.78 is 18.3. The van der Waals surface area contributed by atoms with Crippen molar-refractivity contribution in [1.82, 2.24) is 15.2 Å². The summed E-state index contributed by atoms with van der Waals surface area (Å²) in [6.07, 6.45) is 5.46. The normalized spacial score (nSPS) is 13.7. The summed E-state index contributed by atoms with van der Waals surface area (Å²) in [6.45, 7) is 8.30. The van der Waals surface area contributed by atoms with Crippen LogP contribution in [0.5, 0.6) is 0 Å². The van der Waals surface area contributed by atoms with Gasteiger partial charge in [-0.15, -0.1) is 0 Å². The minimum absolute atomic E-state index is 0.234. The average molecular weight is 498 g/mol. The Labute approximate surface area is 212 Å². The van der Waals surface area contributed by atoms with Gasteiger partial charge < -0.3 is 9.73 Å². The van der Waals surface area contributed by atoms with E-state index in [0.717, 1.165) is 52.9 Å². The molecular formula is C28H36FN3O2S. The predicted molar refractivity (Wildman–Crippen MR) is 142 cm³/mol. The SMILES string of the molecule is CCSCc1nc(-c2ccc(CN3CCCCC3)cc2)oc1C.O=CNCCc1ccc(F)cc1. The van der Waals surface area contributed by atoms with Crippen molar-refractivity contribution in [2.75, 3.05) is 25.4 Å². The Kier molecular flexibility index (Phi) is 11.3. The van der Waals surface area contributed by atoms with Crippen LogP contribution in [0.1, 0.15) is 48.8 Å². The number of thioether (sulfide) groups is 1. The van der Waals surface area contributed by atoms with Gasteiger partial charge in [-0.1, -0.05) is 37.6 Å². The number of benzene rings is 2. The molecule has 0 bridgehead atoms. The second-order valence-electron chi connectivity index (χ2n) is 8.64. The quantitative estimate of drug-likeness (QED) is 0.275. The molecule has 4 rings (SSSR count). The van der Waals surface area contributed by atoms with E-state index < -0.39 is 0 Å². The summed E-state index contributed by atoms with van der Waals surface area (Å²) >= 11 is 1.88. The molecule has 7 heteroatoms. The highest BCUT2D eigenvalue weighted by atomic mass is 32.2. The number of amides is 1. The van der Waals surface area contributed by atoms with Crippen LogP contribution >= 0.6 is 11.8 Å². The van der Waals surface area contributed by atoms with Gasteiger partial charge in [-0.2, -0.15) is 11.8 Å². The summed E-state index contributed by atoms with van der Waals surface area (Å²) in [5, 5.41) is 2.54. The van der Waals surface area contributed by atoms with E-state index in [4.69, 9.17) is 4.42 Å². The number of hydrogen-bond acceptors (Lipinski definition) is 5. The van der Waals surface area contributed by atoms with Gasteiger partial charge in [-0.25, -0.2) is 9.37 Å². The third-order valence-electron chi connectivity index (χ3n) is 5.95. The lowest BCUT2D eigenvalue weighted by Gasteiger charge is -2.26. The molecule has 5 nitrogen and oxygen atoms in total. The van der Waals surface area contributed by atoms with E-state index in [9.17, 15) is 9.18 Å². The lowest BCUT2D eigenvalue weighted by atomic mass is 10.1. The van der Waals surface area contributed by atoms with E-state index in [1.54, 1.807) is 12.1 Å². The van der Waals surface area contributed by atoms with Gasteiger partial charge in [-0.05, 0) is 80.4 Å². The fourth-order valence-corrected chi connectivity index (χ4v) is 4.60. The Hall–Kier alpha value is -2.64. The molecule has 1 amide bonds. The van der Waals surface area contributed by atoms with Crippen molar-refractivity contribution >= 4 is 18.2 Å². The van der Waals surface area contributed by atoms with Crippen molar-refractivity contribution in [3.63, 3.8) is 0 Å². The highest BCUT2D eigenvalue weighted by molar-refractivity contribution is 7.98. The molecule has 1 N–H and O–H groups in total. The van der Waals surface area contributed by atoms with Crippen LogP contribution in [-0.2, 0) is 23.5 Å². The second-order valence-corrected chi connectivity index (χ2v) is 9.92. The van der Waals surface area contributed by atoms with E-state index in [1.165, 1.54) is 50.0 Å². The summed E-state index contributed by atoms with van der Waals surface area (Å²) in [4.78, 5) is 17.1. The number of piperidine rings is 1. The monoisotopic (exact) mass is 497 g/mol. The van der Waals surface area contributed by atoms with Crippen molar-refractivity contribution in [2.45, 2.75) is 51.8 Å². The number of rotatable bonds is 10. The number of aromatic nitrogens is 1. The molecule has 1 aliphatic heterocycles. The van der Waals surface area contributed by atoms with Crippen LogP contribution in [0.4, 0.5) is 4.39 Å². The third-order valence-corrected chi connectivity index (χ3v) is 6.83. The fraction of sp³-hybridized carbons (Fsp3) is 0.429. The van der Waals surface area contributed by atoms with Crippen molar-refractivity contribution in [2.24, 2.45) is 0 Å². The maximum atomic E-state index is 12.4. The number of aryl methyl sites for hydroxylation is 1. The van der Waals surface area contributed by atoms with Crippen molar-refractivity contribution in [3.8, 4) is 11.5 Å². The van der Waals surface area contributed by atoms with Crippen LogP contribution in [0.15, 0.2) is 52.9 Å². The van der Waals surface area contributed by atoms with Crippen LogP contribution in [0, 0.1) is 12.7 Å². The number of likely N-dealkylation sites (tertiary alicyclic amines) is 1. The molecule has 0 saturated carbocycles. The molecule has 188 valence electrons. The van der Waals surface area contributed by atoms with Crippen LogP contribution in [-0.4, -0.2) is 41.7 Å². The van der Waals surface area contributed by atoms with E-state index in [2.05, 4.69) is 46.4 Å². The molecule has 1 fully saturated rings. The zero-order valence-corrected chi connectivity index (χ0v) is 21.6. The first-order valence-corrected chi connectivity index (χ1v) is 13.5. The maximum absolute atomic E-state index is 12.4. The summed E-state index contributed by atoms with van der Waals surface area (Å²) in [5.41, 5.74) is 4.54. The Balaban J connectivity index is 0.000000241. The topological polar surface area (TPSA) is 58.4 Å². The van der Waals surface area contributed by atoms with Crippen molar-refractivity contribution < 1.29 is 13.6 Å². The summed E-state index contributed by atoms with van der Waals surface area (Å²) in [6, 6.07) is 15.0. The Morgan fingerprint density at radius 3 is 2.40 bits per heavy atom. The van der Waals surface area contributed by atoms with Crippen molar-refractivity contribution in [3.05, 3.63) is 76.9 Å². The summed E-state index contributed by atoms with van der Waals surface area (Å²) in [7, 11) is 0. The van der Waals surface area contributed by atoms with Gasteiger partial charge in [-0.3, -0.25) is 9.69 Å². The lowest BCUT2D eigenvalue weighted by molar-refractivity contribution is -0.109. The molecule has 0 atom stereocenters. The van der Waals surface area contributed by atoms with Crippen LogP contribution in [0.2, 0.25) is 0 Å². The van der Waals surface area contributed by atoms with Gasteiger partial charge in [0, 0.05) is 24.4 Å². The van der Waals surface area contributed by atoms with E-state index >= 15 is 0 Å². The molecule has 1 aliphatic rings. The van der Waals surface area contributed by atoms with Gasteiger partial charge in [0.1, 0.15) is 11.6 Å². The molecule has 2 aromatic carbocycles. The Bertz CT molecular complexity index is 1020. The third kappa shape index (κ3) is 9.15. The molecule has 0 aliphatic carbocycles. The van der Waals surface area contributed by atoms with Gasteiger partial charge in [0.15, 0.2) is 0 Å². The first kappa shape index (κ1) is 27.0. The maximum Gasteiger partial charge on any atom is 0.226 e. The fourth-order valence-electron chi connectivity index (χ4n) is 3.94. The molecule has 0 unspecified atom stereocenters. The molecule has 1 aromatic heterocycles. The Morgan fingerprint density at radius 2 is 1.74 bits per heavy atom. The van der Waals surface area contributed by atoms with E-state index in [-0.39, 0.29) is 5.82 Å². The van der Waals surface area contributed by atoms with Gasteiger partial charge in [0.25, 0.3) is 0 Å². The molecule has 2 heterocycles. The number of nitrogens with zero attached hydrogens (tertiary/aromatic N) is 2. The standard InChI is InChI=1S/C19H26N2OS.C9H10FNO/c1-3-23-14-18-15(2)22-19(20-18)17-9-7-16(8-10-17)13-21-11-5-4-6-12-21;10-9-3-1-8(2-4-9)5-6-11-7-12/h7-10H,3-6,11-14H2,1-2H3;1-4,7H,5-6H2,(H,11,12). The molecule has 1 saturated heterocycles. The molecule has 3 aromatic rings. The molecule has 35 heavy (non-hydrogen) atoms. The zero-order valence-electron chi connectivity index (χ0n) is 20.8. The van der Waals surface area contributed by atoms with Gasteiger partial charge in [0.2, 0.25) is 12.3 Å². The minimum Gasteiger partial charge on any atom is -0.441 e. The van der Waals surface area contributed by atoms with Crippen LogP contribution in [0.3, 0.4) is 0 Å². The number of carbonyl (C=O) groups excluding carboxylic acids is 1. The predicted octanol–water partition coefficient (Wildman–Crippen LogP) is 6.00. The number of halogens is 1. The van der Waals surface area contributed by atoms with Crippen LogP contribution < -0.4 is 5.32 Å². The smallest absolute Gasteiger partial charge is 0.226 e. The number of nitrogens with one attached hydrogen (secondary N) is 1. The van der Waals surface area contributed by atoms with Gasteiger partial charge >= 0.3 is 0 Å². The number of carbonyl (C=O) groups is 1. The van der Waals surface area contributed by atoms with E-state index in [0.29, 0.717) is 13.0 Å². The zero-order chi connectivity index (χ0) is 24.9. The summed E-state index contributed by atoms with van der Waals surface area (Å²) in [5.74, 6) is 3.49. The molecule has 0 spiro atoms. The van der Waals surface area contributed by atoms with E-state index in [1.807, 2.05) is 18.7 Å². The largest absolute Gasteiger partial charge is 0.441 e. The molecular weight excluding hydrogens is 461 g/mol.